The van der Waals surface area contributed by atoms with E-state index in [0.29, 0.717) is 0 Å². The zero-order valence-corrected chi connectivity index (χ0v) is 10.3. The molecule has 0 spiro atoms. The van der Waals surface area contributed by atoms with E-state index < -0.39 is 0 Å². The van der Waals surface area contributed by atoms with Crippen LogP contribution in [0.25, 0.3) is 0 Å². The van der Waals surface area contributed by atoms with Gasteiger partial charge in [0, 0.05) is 0 Å². The fourth-order valence-electron chi connectivity index (χ4n) is 2.00. The molecule has 0 aromatic carbocycles. The highest BCUT2D eigenvalue weighted by atomic mass is 16.5. The molecule has 0 bridgehead atoms. The number of allylic oxidation sites excluding steroid dienone is 6. The summed E-state index contributed by atoms with van der Waals surface area (Å²) in [7, 11) is 0. The van der Waals surface area contributed by atoms with Gasteiger partial charge >= 0.3 is 0 Å². The molecule has 0 aromatic rings. The Morgan fingerprint density at radius 1 is 0.824 bits per heavy atom. The van der Waals surface area contributed by atoms with Gasteiger partial charge in [0.15, 0.2) is 0 Å². The van der Waals surface area contributed by atoms with Gasteiger partial charge in [0.1, 0.15) is 12.2 Å². The Morgan fingerprint density at radius 3 is 1.71 bits per heavy atom. The molecule has 2 rings (SSSR count). The molecular formula is C16H18O. The van der Waals surface area contributed by atoms with Crippen LogP contribution in [0.1, 0.15) is 13.8 Å². The molecule has 0 saturated carbocycles. The summed E-state index contributed by atoms with van der Waals surface area (Å²) in [5, 5.41) is 0. The molecule has 2 aliphatic carbocycles. The minimum absolute atomic E-state index is 0.0566. The summed E-state index contributed by atoms with van der Waals surface area (Å²) in [6.45, 7) is 4.09. The van der Waals surface area contributed by atoms with Crippen molar-refractivity contribution in [3.8, 4) is 0 Å². The van der Waals surface area contributed by atoms with Crippen molar-refractivity contribution in [3.63, 3.8) is 0 Å². The molecule has 2 unspecified atom stereocenters. The van der Waals surface area contributed by atoms with Gasteiger partial charge in [-0.2, -0.15) is 0 Å². The average molecular weight is 226 g/mol. The van der Waals surface area contributed by atoms with Crippen LogP contribution < -0.4 is 0 Å². The Labute approximate surface area is 103 Å². The van der Waals surface area contributed by atoms with Gasteiger partial charge in [0.2, 0.25) is 0 Å². The lowest BCUT2D eigenvalue weighted by atomic mass is 10.0. The van der Waals surface area contributed by atoms with Crippen LogP contribution in [-0.2, 0) is 4.74 Å². The summed E-state index contributed by atoms with van der Waals surface area (Å²) in [5.74, 6) is 0. The van der Waals surface area contributed by atoms with Crippen LogP contribution >= 0.6 is 0 Å². The monoisotopic (exact) mass is 226 g/mol. The standard InChI is InChI=1S/C16H18O/c1-3-13-9-5-7-11-15(13)17-16-12-8-6-10-14(16)4-2/h3-12,15-16H,1-2H3. The molecule has 2 aliphatic rings. The third kappa shape index (κ3) is 2.75. The summed E-state index contributed by atoms with van der Waals surface area (Å²) < 4.78 is 6.13. The predicted octanol–water partition coefficient (Wildman–Crippen LogP) is 3.88. The van der Waals surface area contributed by atoms with Crippen molar-refractivity contribution in [2.24, 2.45) is 0 Å². The van der Waals surface area contributed by atoms with E-state index in [9.17, 15) is 0 Å². The van der Waals surface area contributed by atoms with E-state index in [4.69, 9.17) is 4.74 Å². The predicted molar refractivity (Wildman–Crippen MR) is 72.7 cm³/mol. The van der Waals surface area contributed by atoms with Gasteiger partial charge in [0.05, 0.1) is 0 Å². The first kappa shape index (κ1) is 11.9. The first-order valence-electron chi connectivity index (χ1n) is 6.02. The van der Waals surface area contributed by atoms with E-state index in [-0.39, 0.29) is 12.2 Å². The number of hydrogen-bond donors (Lipinski definition) is 0. The molecule has 0 saturated heterocycles. The smallest absolute Gasteiger partial charge is 0.102 e. The third-order valence-electron chi connectivity index (χ3n) is 2.99. The number of hydrogen-bond acceptors (Lipinski definition) is 1. The van der Waals surface area contributed by atoms with Gasteiger partial charge in [-0.1, -0.05) is 60.8 Å². The molecule has 88 valence electrons. The minimum Gasteiger partial charge on any atom is -0.357 e. The molecule has 0 fully saturated rings. The molecule has 0 aromatic heterocycles. The van der Waals surface area contributed by atoms with Crippen LogP contribution in [0.3, 0.4) is 0 Å². The third-order valence-corrected chi connectivity index (χ3v) is 2.99. The summed E-state index contributed by atoms with van der Waals surface area (Å²) >= 11 is 0. The van der Waals surface area contributed by atoms with Crippen LogP contribution in [0.15, 0.2) is 71.9 Å². The largest absolute Gasteiger partial charge is 0.357 e. The van der Waals surface area contributed by atoms with Crippen molar-refractivity contribution in [2.45, 2.75) is 26.1 Å². The lowest BCUT2D eigenvalue weighted by Gasteiger charge is -2.25. The molecule has 1 heteroatoms. The van der Waals surface area contributed by atoms with Gasteiger partial charge in [-0.3, -0.25) is 0 Å². The van der Waals surface area contributed by atoms with Crippen LogP contribution in [0.2, 0.25) is 0 Å². The van der Waals surface area contributed by atoms with Crippen molar-refractivity contribution >= 4 is 0 Å². The van der Waals surface area contributed by atoms with Crippen LogP contribution in [-0.4, -0.2) is 12.2 Å². The summed E-state index contributed by atoms with van der Waals surface area (Å²) in [6, 6.07) is 0. The van der Waals surface area contributed by atoms with E-state index in [0.717, 1.165) is 0 Å². The van der Waals surface area contributed by atoms with E-state index in [2.05, 4.69) is 36.5 Å². The molecule has 0 radical (unpaired) electrons. The van der Waals surface area contributed by atoms with Crippen molar-refractivity contribution in [3.05, 3.63) is 71.9 Å². The van der Waals surface area contributed by atoms with Crippen molar-refractivity contribution in [2.75, 3.05) is 0 Å². The van der Waals surface area contributed by atoms with Crippen LogP contribution in [0.5, 0.6) is 0 Å². The molecular weight excluding hydrogens is 208 g/mol. The number of rotatable bonds is 2. The topological polar surface area (TPSA) is 9.23 Å². The maximum atomic E-state index is 6.13. The lowest BCUT2D eigenvalue weighted by Crippen LogP contribution is -2.23. The van der Waals surface area contributed by atoms with Crippen LogP contribution in [0.4, 0.5) is 0 Å². The second-order valence-corrected chi connectivity index (χ2v) is 4.04. The van der Waals surface area contributed by atoms with E-state index in [1.165, 1.54) is 11.1 Å². The van der Waals surface area contributed by atoms with Gasteiger partial charge in [-0.25, -0.2) is 0 Å². The maximum Gasteiger partial charge on any atom is 0.102 e. The molecule has 1 nitrogen and oxygen atoms in total. The van der Waals surface area contributed by atoms with E-state index in [1.54, 1.807) is 0 Å². The molecule has 0 aliphatic heterocycles. The Kier molecular flexibility index (Phi) is 3.94. The molecule has 0 heterocycles. The van der Waals surface area contributed by atoms with Gasteiger partial charge in [-0.05, 0) is 25.0 Å². The summed E-state index contributed by atoms with van der Waals surface area (Å²) in [4.78, 5) is 0. The van der Waals surface area contributed by atoms with E-state index in [1.807, 2.05) is 38.2 Å². The second-order valence-electron chi connectivity index (χ2n) is 4.04. The normalized spacial score (nSPS) is 31.6. The quantitative estimate of drug-likeness (QED) is 0.694. The Bertz CT molecular complexity index is 402. The zero-order valence-electron chi connectivity index (χ0n) is 10.3. The summed E-state index contributed by atoms with van der Waals surface area (Å²) in [6.07, 6.45) is 20.9. The average Bonchev–Trinajstić information content (AvgIpc) is 2.40. The number of ether oxygens (including phenoxy) is 1. The fourth-order valence-corrected chi connectivity index (χ4v) is 2.00. The van der Waals surface area contributed by atoms with Gasteiger partial charge < -0.3 is 4.74 Å². The maximum absolute atomic E-state index is 6.13. The van der Waals surface area contributed by atoms with Gasteiger partial charge in [0.25, 0.3) is 0 Å². The zero-order chi connectivity index (χ0) is 12.1. The van der Waals surface area contributed by atoms with Crippen LogP contribution in [0, 0.1) is 0 Å². The first-order chi connectivity index (χ1) is 8.35. The Hall–Kier alpha value is -1.60. The Morgan fingerprint density at radius 2 is 1.29 bits per heavy atom. The molecule has 0 N–H and O–H groups in total. The van der Waals surface area contributed by atoms with Gasteiger partial charge in [-0.15, -0.1) is 0 Å². The minimum atomic E-state index is 0.0566. The lowest BCUT2D eigenvalue weighted by molar-refractivity contribution is 0.0854. The molecule has 2 atom stereocenters. The van der Waals surface area contributed by atoms with E-state index >= 15 is 0 Å². The van der Waals surface area contributed by atoms with Crippen molar-refractivity contribution in [1.29, 1.82) is 0 Å². The molecule has 17 heavy (non-hydrogen) atoms. The second kappa shape index (κ2) is 5.65. The summed E-state index contributed by atoms with van der Waals surface area (Å²) in [5.41, 5.74) is 2.43. The highest BCUT2D eigenvalue weighted by molar-refractivity contribution is 5.37. The first-order valence-corrected chi connectivity index (χ1v) is 6.02. The fraction of sp³-hybridized carbons (Fsp3) is 0.250. The van der Waals surface area contributed by atoms with Crippen molar-refractivity contribution < 1.29 is 4.74 Å². The highest BCUT2D eigenvalue weighted by Crippen LogP contribution is 2.22. The highest BCUT2D eigenvalue weighted by Gasteiger charge is 2.18. The van der Waals surface area contributed by atoms with Crippen molar-refractivity contribution in [1.82, 2.24) is 0 Å². The Balaban J connectivity index is 2.11. The SMILES string of the molecule is CC=C1C=CC=CC1OC1C=CC=CC1=CC. The molecule has 0 amide bonds.